The Kier molecular flexibility index (Phi) is 9.84. The molecule has 2 aliphatic heterocycles. The summed E-state index contributed by atoms with van der Waals surface area (Å²) in [5.41, 5.74) is 0. The Morgan fingerprint density at radius 2 is 0.462 bits per heavy atom. The van der Waals surface area contributed by atoms with Crippen LogP contribution < -0.4 is 0 Å². The molecule has 4 unspecified atom stereocenters. The third-order valence-electron chi connectivity index (χ3n) is 6.83. The fourth-order valence-electron chi connectivity index (χ4n) is 4.88. The van der Waals surface area contributed by atoms with E-state index in [9.17, 15) is 0 Å². The third-order valence-corrected chi connectivity index (χ3v) is 6.83. The molecule has 2 aliphatic carbocycles. The van der Waals surface area contributed by atoms with Gasteiger partial charge in [-0.05, 0) is 25.7 Å². The van der Waals surface area contributed by atoms with Crippen molar-refractivity contribution in [1.82, 2.24) is 0 Å². The van der Waals surface area contributed by atoms with Gasteiger partial charge in [-0.3, -0.25) is 0 Å². The highest BCUT2D eigenvalue weighted by atomic mass is 16.6. The minimum Gasteiger partial charge on any atom is -0.370 e. The van der Waals surface area contributed by atoms with Gasteiger partial charge in [0, 0.05) is 0 Å². The Labute approximate surface area is 162 Å². The van der Waals surface area contributed by atoms with Gasteiger partial charge in [0.25, 0.3) is 0 Å². The van der Waals surface area contributed by atoms with E-state index in [2.05, 4.69) is 0 Å². The molecule has 2 heteroatoms. The first-order chi connectivity index (χ1) is 12.9. The SMILES string of the molecule is C1CCCCCC2OC2CCCC1.C1CCCCCC2OC2CCCC1. The van der Waals surface area contributed by atoms with E-state index in [-0.39, 0.29) is 0 Å². The molecule has 2 saturated heterocycles. The smallest absolute Gasteiger partial charge is 0.0841 e. The summed E-state index contributed by atoms with van der Waals surface area (Å²) < 4.78 is 11.3. The van der Waals surface area contributed by atoms with E-state index in [1.807, 2.05) is 0 Å². The van der Waals surface area contributed by atoms with Gasteiger partial charge in [0.15, 0.2) is 0 Å². The lowest BCUT2D eigenvalue weighted by molar-refractivity contribution is 0.349. The molecule has 0 spiro atoms. The number of ether oxygens (including phenoxy) is 2. The van der Waals surface area contributed by atoms with E-state index in [0.29, 0.717) is 24.4 Å². The molecule has 4 rings (SSSR count). The third kappa shape index (κ3) is 8.74. The van der Waals surface area contributed by atoms with Gasteiger partial charge in [0.1, 0.15) is 0 Å². The first-order valence-electron chi connectivity index (χ1n) is 12.2. The van der Waals surface area contributed by atoms with Gasteiger partial charge >= 0.3 is 0 Å². The molecule has 0 aromatic carbocycles. The highest BCUT2D eigenvalue weighted by Crippen LogP contribution is 2.33. The van der Waals surface area contributed by atoms with Crippen molar-refractivity contribution in [2.45, 2.75) is 153 Å². The zero-order valence-electron chi connectivity index (χ0n) is 17.3. The maximum atomic E-state index is 5.63. The van der Waals surface area contributed by atoms with Gasteiger partial charge < -0.3 is 9.47 Å². The van der Waals surface area contributed by atoms with Gasteiger partial charge in [0.05, 0.1) is 24.4 Å². The topological polar surface area (TPSA) is 25.1 Å². The van der Waals surface area contributed by atoms with E-state index in [1.165, 1.54) is 128 Å². The van der Waals surface area contributed by atoms with E-state index >= 15 is 0 Å². The lowest BCUT2D eigenvalue weighted by atomic mass is 10.0. The van der Waals surface area contributed by atoms with Crippen LogP contribution in [0.15, 0.2) is 0 Å². The second-order valence-corrected chi connectivity index (χ2v) is 9.24. The zero-order chi connectivity index (χ0) is 17.9. The molecule has 26 heavy (non-hydrogen) atoms. The molecule has 0 bridgehead atoms. The van der Waals surface area contributed by atoms with E-state index < -0.39 is 0 Å². The molecule has 4 fully saturated rings. The molecule has 152 valence electrons. The lowest BCUT2D eigenvalue weighted by Gasteiger charge is -2.03. The van der Waals surface area contributed by atoms with Gasteiger partial charge in [0.2, 0.25) is 0 Å². The number of hydrogen-bond acceptors (Lipinski definition) is 2. The Bertz CT molecular complexity index is 290. The van der Waals surface area contributed by atoms with Crippen LogP contribution in [0.2, 0.25) is 0 Å². The van der Waals surface area contributed by atoms with Crippen molar-refractivity contribution in [2.75, 3.05) is 0 Å². The summed E-state index contributed by atoms with van der Waals surface area (Å²) in [7, 11) is 0. The minimum absolute atomic E-state index is 0.666. The number of hydrogen-bond donors (Lipinski definition) is 0. The predicted octanol–water partition coefficient (Wildman–Crippen LogP) is 7.34. The fraction of sp³-hybridized carbons (Fsp3) is 1.00. The molecule has 2 nitrogen and oxygen atoms in total. The van der Waals surface area contributed by atoms with Crippen LogP contribution in [0.3, 0.4) is 0 Å². The molecule has 4 atom stereocenters. The van der Waals surface area contributed by atoms with E-state index in [4.69, 9.17) is 9.47 Å². The van der Waals surface area contributed by atoms with Crippen molar-refractivity contribution in [3.05, 3.63) is 0 Å². The van der Waals surface area contributed by atoms with Crippen LogP contribution in [-0.2, 0) is 9.47 Å². The van der Waals surface area contributed by atoms with Crippen molar-refractivity contribution in [3.8, 4) is 0 Å². The fourth-order valence-corrected chi connectivity index (χ4v) is 4.88. The number of fused-ring (bicyclic) bond motifs is 2. The monoisotopic (exact) mass is 364 g/mol. The van der Waals surface area contributed by atoms with Crippen LogP contribution in [0.25, 0.3) is 0 Å². The molecule has 0 amide bonds. The zero-order valence-corrected chi connectivity index (χ0v) is 17.3. The van der Waals surface area contributed by atoms with Crippen molar-refractivity contribution >= 4 is 0 Å². The van der Waals surface area contributed by atoms with Crippen LogP contribution in [-0.4, -0.2) is 24.4 Å². The van der Waals surface area contributed by atoms with Gasteiger partial charge in [-0.1, -0.05) is 103 Å². The molecule has 2 saturated carbocycles. The molecule has 0 aromatic rings. The molecule has 0 N–H and O–H groups in total. The second kappa shape index (κ2) is 12.4. The summed E-state index contributed by atoms with van der Waals surface area (Å²) in [6, 6.07) is 0. The average Bonchev–Trinajstić information content (AvgIpc) is 3.53. The summed E-state index contributed by atoms with van der Waals surface area (Å²) in [6.45, 7) is 0. The van der Waals surface area contributed by atoms with Gasteiger partial charge in [-0.2, -0.15) is 0 Å². The molecular weight excluding hydrogens is 320 g/mol. The van der Waals surface area contributed by atoms with Gasteiger partial charge in [-0.15, -0.1) is 0 Å². The summed E-state index contributed by atoms with van der Waals surface area (Å²) in [6.07, 6.45) is 31.1. The van der Waals surface area contributed by atoms with Crippen LogP contribution in [0, 0.1) is 0 Å². The minimum atomic E-state index is 0.666. The Hall–Kier alpha value is -0.0800. The molecule has 4 aliphatic rings. The first kappa shape index (κ1) is 20.6. The second-order valence-electron chi connectivity index (χ2n) is 9.24. The van der Waals surface area contributed by atoms with Gasteiger partial charge in [-0.25, -0.2) is 0 Å². The predicted molar refractivity (Wildman–Crippen MR) is 110 cm³/mol. The van der Waals surface area contributed by atoms with Crippen LogP contribution >= 0.6 is 0 Å². The first-order valence-corrected chi connectivity index (χ1v) is 12.2. The normalized spacial score (nSPS) is 36.9. The number of epoxide rings is 2. The highest BCUT2D eigenvalue weighted by molar-refractivity contribution is 4.85. The average molecular weight is 365 g/mol. The number of rotatable bonds is 0. The molecule has 0 aromatic heterocycles. The van der Waals surface area contributed by atoms with Crippen LogP contribution in [0.4, 0.5) is 0 Å². The van der Waals surface area contributed by atoms with E-state index in [1.54, 1.807) is 0 Å². The summed E-state index contributed by atoms with van der Waals surface area (Å²) in [4.78, 5) is 0. The lowest BCUT2D eigenvalue weighted by Crippen LogP contribution is -1.95. The molecule has 2 heterocycles. The summed E-state index contributed by atoms with van der Waals surface area (Å²) in [5, 5.41) is 0. The summed E-state index contributed by atoms with van der Waals surface area (Å²) in [5.74, 6) is 0. The van der Waals surface area contributed by atoms with Crippen LogP contribution in [0.5, 0.6) is 0 Å². The largest absolute Gasteiger partial charge is 0.370 e. The van der Waals surface area contributed by atoms with Crippen molar-refractivity contribution in [3.63, 3.8) is 0 Å². The maximum Gasteiger partial charge on any atom is 0.0841 e. The Morgan fingerprint density at radius 3 is 0.692 bits per heavy atom. The quantitative estimate of drug-likeness (QED) is 0.420. The van der Waals surface area contributed by atoms with Crippen LogP contribution in [0.1, 0.15) is 128 Å². The summed E-state index contributed by atoms with van der Waals surface area (Å²) >= 11 is 0. The maximum absolute atomic E-state index is 5.63. The van der Waals surface area contributed by atoms with Crippen molar-refractivity contribution in [2.24, 2.45) is 0 Å². The van der Waals surface area contributed by atoms with Crippen molar-refractivity contribution < 1.29 is 9.47 Å². The highest BCUT2D eigenvalue weighted by Gasteiger charge is 2.37. The Balaban J connectivity index is 0.000000151. The molecular formula is C24H44O2. The Morgan fingerprint density at radius 1 is 0.269 bits per heavy atom. The molecule has 0 radical (unpaired) electrons. The standard InChI is InChI=1S/2C12H22O/c2*1-2-4-6-8-10-12-11(13-12)9-7-5-3-1/h2*11-12H,1-10H2. The van der Waals surface area contributed by atoms with E-state index in [0.717, 1.165) is 0 Å². The van der Waals surface area contributed by atoms with Crippen molar-refractivity contribution in [1.29, 1.82) is 0 Å².